The van der Waals surface area contributed by atoms with Crippen molar-refractivity contribution >= 4 is 52.8 Å². The quantitative estimate of drug-likeness (QED) is 0.231. The van der Waals surface area contributed by atoms with E-state index in [4.69, 9.17) is 5.26 Å². The molecule has 1 heterocycles. The van der Waals surface area contributed by atoms with Gasteiger partial charge in [0.15, 0.2) is 0 Å². The van der Waals surface area contributed by atoms with Crippen molar-refractivity contribution in [2.75, 3.05) is 11.1 Å². The second-order valence-corrected chi connectivity index (χ2v) is 10.5. The Bertz CT molecular complexity index is 993. The van der Waals surface area contributed by atoms with Crippen LogP contribution in [0.1, 0.15) is 13.8 Å². The third kappa shape index (κ3) is 6.22. The number of para-hydroxylation sites is 1. The van der Waals surface area contributed by atoms with Gasteiger partial charge in [0.05, 0.1) is 5.52 Å². The second kappa shape index (κ2) is 10.5. The van der Waals surface area contributed by atoms with E-state index in [1.807, 2.05) is 24.0 Å². The molecule has 1 amide bonds. The van der Waals surface area contributed by atoms with Gasteiger partial charge in [-0.05, 0) is 17.9 Å². The number of carbonyl (C=O) groups excluding carboxylic acids is 1. The summed E-state index contributed by atoms with van der Waals surface area (Å²) in [5.74, 6) is 0.811. The summed E-state index contributed by atoms with van der Waals surface area (Å²) < 4.78 is 23.9. The third-order valence-corrected chi connectivity index (χ3v) is 6.89. The fraction of sp³-hybridized carbons (Fsp3) is 0.158. The number of pyridine rings is 1. The molecule has 1 aromatic heterocycles. The Balaban J connectivity index is 0.000000202. The Morgan fingerprint density at radius 3 is 2.64 bits per heavy atom. The van der Waals surface area contributed by atoms with E-state index in [2.05, 4.69) is 45.4 Å². The second-order valence-electron chi connectivity index (χ2n) is 5.59. The van der Waals surface area contributed by atoms with E-state index in [9.17, 15) is 12.6 Å². The van der Waals surface area contributed by atoms with Crippen molar-refractivity contribution in [2.24, 2.45) is 0 Å². The van der Waals surface area contributed by atoms with Gasteiger partial charge in [0.25, 0.3) is 0 Å². The summed E-state index contributed by atoms with van der Waals surface area (Å²) in [5, 5.41) is 12.0. The predicted molar refractivity (Wildman–Crippen MR) is 111 cm³/mol. The summed E-state index contributed by atoms with van der Waals surface area (Å²) >= 11 is -2.96. The largest absolute Gasteiger partial charge is 0.256 e. The summed E-state index contributed by atoms with van der Waals surface area (Å²) in [4.78, 5) is 16.4. The number of benzene rings is 2. The number of amides is 1. The number of nitrogens with zero attached hydrogens (tertiary/aromatic N) is 1. The molecule has 0 saturated heterocycles. The molecule has 0 aliphatic carbocycles. The Kier molecular flexibility index (Phi) is 8.29. The van der Waals surface area contributed by atoms with Crippen molar-refractivity contribution < 1.29 is 21.8 Å². The van der Waals surface area contributed by atoms with Crippen molar-refractivity contribution in [3.63, 3.8) is 0 Å². The first-order chi connectivity index (χ1) is 13.4. The summed E-state index contributed by atoms with van der Waals surface area (Å²) in [5.41, 5.74) is 1.45. The van der Waals surface area contributed by atoms with Gasteiger partial charge in [0.2, 0.25) is 0 Å². The Morgan fingerprint density at radius 1 is 1.21 bits per heavy atom. The molecular weight excluding hydrogens is 443 g/mol. The number of carbonyl (C=O) groups is 1. The topological polar surface area (TPSA) is 109 Å². The summed E-state index contributed by atoms with van der Waals surface area (Å²) in [6, 6.07) is 16.0. The number of hydrogen-bond acceptors (Lipinski definition) is 6. The van der Waals surface area contributed by atoms with Crippen LogP contribution >= 0.6 is 11.8 Å². The van der Waals surface area contributed by atoms with E-state index in [0.29, 0.717) is 5.69 Å². The van der Waals surface area contributed by atoms with Gasteiger partial charge in [-0.15, -0.1) is 11.8 Å². The van der Waals surface area contributed by atoms with E-state index in [0.717, 1.165) is 11.3 Å². The first-order valence-corrected chi connectivity index (χ1v) is 12.7. The zero-order valence-corrected chi connectivity index (χ0v) is 18.1. The van der Waals surface area contributed by atoms with Crippen molar-refractivity contribution in [3.05, 3.63) is 60.8 Å². The average Bonchev–Trinajstić information content (AvgIpc) is 2.69. The van der Waals surface area contributed by atoms with Crippen LogP contribution in [0.4, 0.5) is 5.69 Å². The molecule has 0 saturated carbocycles. The van der Waals surface area contributed by atoms with Gasteiger partial charge >= 0.3 is 88.4 Å². The van der Waals surface area contributed by atoms with E-state index < -0.39 is 14.2 Å². The van der Waals surface area contributed by atoms with Gasteiger partial charge in [-0.3, -0.25) is 4.98 Å². The van der Waals surface area contributed by atoms with E-state index in [1.54, 1.807) is 6.07 Å². The first-order valence-electron chi connectivity index (χ1n) is 8.38. The number of nitrogens with one attached hydrogen (secondary N) is 1. The smallest absolute Gasteiger partial charge is 0.0713 e. The maximum atomic E-state index is 11.3. The van der Waals surface area contributed by atoms with Crippen molar-refractivity contribution in [2.45, 2.75) is 18.7 Å². The standard InChI is InChI=1S/C11H11NS.C8H10AsNO5/c1-2-13-11-7-8-12-10-6-4-3-5-9(10)11;1-6(11)10-8-4-2-3-7(5-8)9(12,13)15-14/h3-8H,2H2,1H3;2-5,14H,1H3,(H,10,11)(H,12,13). The molecule has 0 bridgehead atoms. The summed E-state index contributed by atoms with van der Waals surface area (Å²) in [6.07, 6.45) is 1.88. The van der Waals surface area contributed by atoms with Crippen LogP contribution < -0.4 is 9.67 Å². The van der Waals surface area contributed by atoms with Gasteiger partial charge in [0.1, 0.15) is 0 Å². The molecule has 3 rings (SSSR count). The van der Waals surface area contributed by atoms with Crippen LogP contribution in [0.25, 0.3) is 10.9 Å². The molecule has 1 unspecified atom stereocenters. The third-order valence-electron chi connectivity index (χ3n) is 3.51. The van der Waals surface area contributed by atoms with Gasteiger partial charge in [0, 0.05) is 16.5 Å². The predicted octanol–water partition coefficient (Wildman–Crippen LogP) is 3.05. The number of thioether (sulfide) groups is 1. The summed E-state index contributed by atoms with van der Waals surface area (Å²) in [7, 11) is 0. The molecule has 28 heavy (non-hydrogen) atoms. The molecule has 2 aromatic carbocycles. The molecule has 148 valence electrons. The Morgan fingerprint density at radius 2 is 1.96 bits per heavy atom. The van der Waals surface area contributed by atoms with Gasteiger partial charge in [-0.1, -0.05) is 25.1 Å². The van der Waals surface area contributed by atoms with Crippen molar-refractivity contribution in [1.82, 2.24) is 4.98 Å². The number of rotatable bonds is 5. The molecule has 3 N–H and O–H groups in total. The SMILES string of the molecule is CC(=O)Nc1cccc([As](=O)(O)OO)c1.CCSc1ccnc2ccccc12. The van der Waals surface area contributed by atoms with E-state index in [-0.39, 0.29) is 10.3 Å². The maximum absolute atomic E-state index is 11.3. The van der Waals surface area contributed by atoms with Crippen LogP contribution in [-0.2, 0) is 12.4 Å². The number of fused-ring (bicyclic) bond motifs is 1. The first kappa shape index (κ1) is 22.2. The molecule has 0 fully saturated rings. The minimum atomic E-state index is -4.83. The minimum absolute atomic E-state index is 0.0399. The number of hydrogen-bond donors (Lipinski definition) is 3. The van der Waals surface area contributed by atoms with Crippen molar-refractivity contribution in [3.8, 4) is 0 Å². The number of anilines is 1. The Labute approximate surface area is 170 Å². The van der Waals surface area contributed by atoms with Crippen LogP contribution in [0.5, 0.6) is 0 Å². The van der Waals surface area contributed by atoms with Gasteiger partial charge < -0.3 is 0 Å². The van der Waals surface area contributed by atoms with Crippen LogP contribution in [-0.4, -0.2) is 40.2 Å². The van der Waals surface area contributed by atoms with Crippen molar-refractivity contribution in [1.29, 1.82) is 0 Å². The average molecular weight is 464 g/mol. The minimum Gasteiger partial charge on any atom is -0.256 e. The van der Waals surface area contributed by atoms with E-state index in [1.165, 1.54) is 35.4 Å². The molecule has 0 spiro atoms. The fourth-order valence-electron chi connectivity index (χ4n) is 2.36. The molecule has 9 heteroatoms. The van der Waals surface area contributed by atoms with Crippen LogP contribution in [0.2, 0.25) is 0 Å². The molecule has 1 atom stereocenters. The fourth-order valence-corrected chi connectivity index (χ4v) is 4.56. The maximum Gasteiger partial charge on any atom is 0.0713 e. The van der Waals surface area contributed by atoms with Crippen LogP contribution in [0.3, 0.4) is 0 Å². The molecule has 0 aliphatic rings. The monoisotopic (exact) mass is 464 g/mol. The van der Waals surface area contributed by atoms with Gasteiger partial charge in [-0.2, -0.15) is 0 Å². The molecule has 0 aliphatic heterocycles. The molecular formula is C19H21AsN2O5S. The zero-order valence-electron chi connectivity index (χ0n) is 15.4. The van der Waals surface area contributed by atoms with E-state index >= 15 is 0 Å². The molecule has 3 aromatic rings. The Hall–Kier alpha value is -2.09. The zero-order chi connectivity index (χ0) is 20.6. The molecule has 7 nitrogen and oxygen atoms in total. The molecule has 0 radical (unpaired) electrons. The van der Waals surface area contributed by atoms with Gasteiger partial charge in [-0.25, -0.2) is 0 Å². The van der Waals surface area contributed by atoms with Crippen LogP contribution in [0.15, 0.2) is 65.7 Å². The van der Waals surface area contributed by atoms with Crippen LogP contribution in [0, 0.1) is 0 Å². The normalized spacial score (nSPS) is 12.6. The number of aromatic nitrogens is 1. The summed E-state index contributed by atoms with van der Waals surface area (Å²) in [6.45, 7) is 3.48.